The van der Waals surface area contributed by atoms with Crippen LogP contribution in [0.3, 0.4) is 0 Å². The number of benzene rings is 1. The Labute approximate surface area is 88.0 Å². The van der Waals surface area contributed by atoms with Crippen molar-refractivity contribution in [1.29, 1.82) is 0 Å². The van der Waals surface area contributed by atoms with Gasteiger partial charge in [0.2, 0.25) is 0 Å². The first-order chi connectivity index (χ1) is 6.33. The van der Waals surface area contributed by atoms with Gasteiger partial charge in [-0.25, -0.2) is 0 Å². The van der Waals surface area contributed by atoms with Crippen LogP contribution in [0, 0.1) is 0 Å². The first-order valence-electron chi connectivity index (χ1n) is 4.58. The van der Waals surface area contributed by atoms with E-state index in [1.807, 2.05) is 18.3 Å². The molecule has 0 fully saturated rings. The number of hydrogen-bond acceptors (Lipinski definition) is 1. The fraction of sp³-hybridized carbons (Fsp3) is 0.364. The molecule has 0 saturated carbocycles. The molecule has 70 valence electrons. The molecule has 0 spiro atoms. The number of hydrogen-bond donors (Lipinski definition) is 0. The fourth-order valence-electron chi connectivity index (χ4n) is 1.01. The summed E-state index contributed by atoms with van der Waals surface area (Å²) in [6, 6.07) is 8.16. The highest BCUT2D eigenvalue weighted by Crippen LogP contribution is 2.09. The summed E-state index contributed by atoms with van der Waals surface area (Å²) in [7, 11) is 0. The molecule has 0 amide bonds. The second-order valence-electron chi connectivity index (χ2n) is 2.94. The summed E-state index contributed by atoms with van der Waals surface area (Å²) >= 11 is 3.42. The van der Waals surface area contributed by atoms with Crippen LogP contribution in [0.5, 0.6) is 0 Å². The minimum Gasteiger partial charge on any atom is -0.293 e. The van der Waals surface area contributed by atoms with E-state index < -0.39 is 0 Å². The molecule has 0 aliphatic rings. The van der Waals surface area contributed by atoms with Crippen molar-refractivity contribution in [3.05, 3.63) is 34.3 Å². The fourth-order valence-corrected chi connectivity index (χ4v) is 1.42. The van der Waals surface area contributed by atoms with Gasteiger partial charge in [0.15, 0.2) is 0 Å². The molecule has 1 rings (SSSR count). The summed E-state index contributed by atoms with van der Waals surface area (Å²) in [6.07, 6.45) is 4.31. The van der Waals surface area contributed by atoms with Crippen molar-refractivity contribution >= 4 is 22.1 Å². The lowest BCUT2D eigenvalue weighted by atomic mass is 10.2. The molecule has 0 heterocycles. The number of unbranched alkanes of at least 4 members (excludes halogenated alkanes) is 1. The molecule has 2 heteroatoms. The highest BCUT2D eigenvalue weighted by Gasteiger charge is 1.88. The molecule has 0 aliphatic carbocycles. The van der Waals surface area contributed by atoms with E-state index in [0.717, 1.165) is 16.6 Å². The molecule has 1 nitrogen and oxygen atoms in total. The van der Waals surface area contributed by atoms with Gasteiger partial charge in [-0.2, -0.15) is 0 Å². The van der Waals surface area contributed by atoms with Gasteiger partial charge in [0.05, 0.1) is 0 Å². The first kappa shape index (κ1) is 10.5. The van der Waals surface area contributed by atoms with Gasteiger partial charge in [-0.1, -0.05) is 41.4 Å². The zero-order chi connectivity index (χ0) is 9.52. The van der Waals surface area contributed by atoms with E-state index in [2.05, 4.69) is 40.0 Å². The molecule has 0 bridgehead atoms. The van der Waals surface area contributed by atoms with E-state index >= 15 is 0 Å². The van der Waals surface area contributed by atoms with Gasteiger partial charge in [-0.05, 0) is 24.1 Å². The standard InChI is InChI=1S/C11H14BrN/c1-2-3-7-13-9-10-5-4-6-11(12)8-10/h4-6,8-9H,2-3,7H2,1H3. The topological polar surface area (TPSA) is 12.4 Å². The van der Waals surface area contributed by atoms with Gasteiger partial charge in [-0.15, -0.1) is 0 Å². The lowest BCUT2D eigenvalue weighted by molar-refractivity contribution is 0.810. The second-order valence-corrected chi connectivity index (χ2v) is 3.86. The third-order valence-corrected chi connectivity index (χ3v) is 2.22. The van der Waals surface area contributed by atoms with Gasteiger partial charge in [0, 0.05) is 17.2 Å². The number of nitrogens with zero attached hydrogens (tertiary/aromatic N) is 1. The molecule has 0 N–H and O–H groups in total. The van der Waals surface area contributed by atoms with E-state index in [0.29, 0.717) is 0 Å². The zero-order valence-corrected chi connectivity index (χ0v) is 9.42. The maximum Gasteiger partial charge on any atom is 0.0389 e. The smallest absolute Gasteiger partial charge is 0.0389 e. The number of aliphatic imine (C=N–C) groups is 1. The summed E-state index contributed by atoms with van der Waals surface area (Å²) in [5.41, 5.74) is 1.16. The summed E-state index contributed by atoms with van der Waals surface area (Å²) in [4.78, 5) is 4.33. The monoisotopic (exact) mass is 239 g/mol. The van der Waals surface area contributed by atoms with Gasteiger partial charge in [0.1, 0.15) is 0 Å². The molecule has 1 aromatic rings. The van der Waals surface area contributed by atoms with Crippen LogP contribution >= 0.6 is 15.9 Å². The van der Waals surface area contributed by atoms with Crippen LogP contribution in [0.2, 0.25) is 0 Å². The average Bonchev–Trinajstić information content (AvgIpc) is 2.13. The predicted molar refractivity (Wildman–Crippen MR) is 61.5 cm³/mol. The highest BCUT2D eigenvalue weighted by molar-refractivity contribution is 9.10. The van der Waals surface area contributed by atoms with Crippen molar-refractivity contribution in [1.82, 2.24) is 0 Å². The van der Waals surface area contributed by atoms with Crippen molar-refractivity contribution in [3.8, 4) is 0 Å². The Morgan fingerprint density at radius 2 is 2.31 bits per heavy atom. The largest absolute Gasteiger partial charge is 0.293 e. The summed E-state index contributed by atoms with van der Waals surface area (Å²) in [6.45, 7) is 3.11. The molecular formula is C11H14BrN. The van der Waals surface area contributed by atoms with Crippen molar-refractivity contribution in [3.63, 3.8) is 0 Å². The summed E-state index contributed by atoms with van der Waals surface area (Å²) in [5.74, 6) is 0. The molecule has 0 aromatic heterocycles. The average molecular weight is 240 g/mol. The van der Waals surface area contributed by atoms with Crippen LogP contribution in [-0.4, -0.2) is 12.8 Å². The van der Waals surface area contributed by atoms with Crippen molar-refractivity contribution in [2.75, 3.05) is 6.54 Å². The molecule has 0 aliphatic heterocycles. The van der Waals surface area contributed by atoms with Crippen LogP contribution in [0.15, 0.2) is 33.7 Å². The first-order valence-corrected chi connectivity index (χ1v) is 5.37. The Balaban J connectivity index is 2.48. The van der Waals surface area contributed by atoms with Gasteiger partial charge < -0.3 is 0 Å². The number of rotatable bonds is 4. The maximum atomic E-state index is 4.33. The van der Waals surface area contributed by atoms with Gasteiger partial charge in [-0.3, -0.25) is 4.99 Å². The van der Waals surface area contributed by atoms with Gasteiger partial charge in [0.25, 0.3) is 0 Å². The van der Waals surface area contributed by atoms with E-state index in [-0.39, 0.29) is 0 Å². The summed E-state index contributed by atoms with van der Waals surface area (Å²) in [5, 5.41) is 0. The molecule has 0 atom stereocenters. The third-order valence-electron chi connectivity index (χ3n) is 1.73. The Hall–Kier alpha value is -0.630. The van der Waals surface area contributed by atoms with Crippen molar-refractivity contribution in [2.24, 2.45) is 4.99 Å². The summed E-state index contributed by atoms with van der Waals surface area (Å²) < 4.78 is 1.10. The second kappa shape index (κ2) is 5.92. The zero-order valence-electron chi connectivity index (χ0n) is 7.83. The lowest BCUT2D eigenvalue weighted by Crippen LogP contribution is -1.83. The Kier molecular flexibility index (Phi) is 4.76. The quantitative estimate of drug-likeness (QED) is 0.562. The maximum absolute atomic E-state index is 4.33. The molecule has 13 heavy (non-hydrogen) atoms. The lowest BCUT2D eigenvalue weighted by Gasteiger charge is -1.93. The Morgan fingerprint density at radius 3 is 3.00 bits per heavy atom. The van der Waals surface area contributed by atoms with Crippen molar-refractivity contribution in [2.45, 2.75) is 19.8 Å². The molecule has 1 aromatic carbocycles. The normalized spacial score (nSPS) is 10.9. The van der Waals surface area contributed by atoms with E-state index in [9.17, 15) is 0 Å². The van der Waals surface area contributed by atoms with Crippen LogP contribution in [0.1, 0.15) is 25.3 Å². The molecule has 0 unspecified atom stereocenters. The highest BCUT2D eigenvalue weighted by atomic mass is 79.9. The predicted octanol–water partition coefficient (Wildman–Crippen LogP) is 3.67. The van der Waals surface area contributed by atoms with Crippen LogP contribution in [-0.2, 0) is 0 Å². The van der Waals surface area contributed by atoms with E-state index in [1.54, 1.807) is 0 Å². The van der Waals surface area contributed by atoms with E-state index in [4.69, 9.17) is 0 Å². The van der Waals surface area contributed by atoms with Gasteiger partial charge >= 0.3 is 0 Å². The van der Waals surface area contributed by atoms with Crippen LogP contribution in [0.25, 0.3) is 0 Å². The minimum atomic E-state index is 0.934. The van der Waals surface area contributed by atoms with E-state index in [1.165, 1.54) is 12.8 Å². The SMILES string of the molecule is CCCCN=Cc1cccc(Br)c1. The minimum absolute atomic E-state index is 0.934. The molecule has 0 radical (unpaired) electrons. The third kappa shape index (κ3) is 4.23. The van der Waals surface area contributed by atoms with Crippen molar-refractivity contribution < 1.29 is 0 Å². The Bertz CT molecular complexity index is 281. The van der Waals surface area contributed by atoms with Crippen LogP contribution < -0.4 is 0 Å². The molecule has 0 saturated heterocycles. The number of halogens is 1. The molecular weight excluding hydrogens is 226 g/mol. The Morgan fingerprint density at radius 1 is 1.46 bits per heavy atom. The van der Waals surface area contributed by atoms with Crippen LogP contribution in [0.4, 0.5) is 0 Å².